The standard InChI is InChI=1S/C27H42ClF2N3O4/c1-37-15-3-2-13-27(36,21-7-4-8-22(28)24(21)30)19-6-5-14-33(17-19)26(35)32-23(16-31)25(34)18-9-11-20(29)12-10-18/h4,7-8,18-20,23,25,34,36H,2-3,5-6,9-17,31H2,1H3,(H,32,35)/t18?,19-,20?,23-,25-,27+/m1/s1. The summed E-state index contributed by atoms with van der Waals surface area (Å²) in [6, 6.07) is 3.59. The van der Waals surface area contributed by atoms with Crippen molar-refractivity contribution in [2.24, 2.45) is 17.6 Å². The van der Waals surface area contributed by atoms with Gasteiger partial charge in [0, 0.05) is 44.8 Å². The number of ether oxygens (including phenoxy) is 1. The number of aliphatic hydroxyl groups excluding tert-OH is 1. The topological polar surface area (TPSA) is 108 Å². The molecule has 1 heterocycles. The molecule has 0 bridgehead atoms. The molecule has 10 heteroatoms. The first kappa shape index (κ1) is 30.0. The van der Waals surface area contributed by atoms with Crippen LogP contribution in [0, 0.1) is 17.7 Å². The van der Waals surface area contributed by atoms with Crippen LogP contribution in [-0.2, 0) is 10.3 Å². The van der Waals surface area contributed by atoms with Gasteiger partial charge in [0.25, 0.3) is 0 Å². The SMILES string of the molecule is COCCCC[C@@](O)(c1cccc(Cl)c1F)[C@@H]1CCCN(C(=O)N[C@H](CN)[C@H](O)C2CCC(F)CC2)C1. The number of carbonyl (C=O) groups excluding carboxylic acids is 1. The minimum atomic E-state index is -1.51. The molecule has 37 heavy (non-hydrogen) atoms. The van der Waals surface area contributed by atoms with E-state index >= 15 is 4.39 Å². The van der Waals surface area contributed by atoms with E-state index in [1.165, 1.54) is 6.07 Å². The van der Waals surface area contributed by atoms with Gasteiger partial charge in [0.15, 0.2) is 0 Å². The van der Waals surface area contributed by atoms with E-state index in [-0.39, 0.29) is 35.6 Å². The van der Waals surface area contributed by atoms with Crippen LogP contribution in [-0.4, -0.2) is 72.8 Å². The maximum atomic E-state index is 15.1. The van der Waals surface area contributed by atoms with Gasteiger partial charge >= 0.3 is 6.03 Å². The van der Waals surface area contributed by atoms with Gasteiger partial charge in [-0.1, -0.05) is 23.7 Å². The summed E-state index contributed by atoms with van der Waals surface area (Å²) >= 11 is 6.06. The zero-order valence-corrected chi connectivity index (χ0v) is 22.4. The molecule has 2 fully saturated rings. The summed E-state index contributed by atoms with van der Waals surface area (Å²) in [5, 5.41) is 25.6. The maximum absolute atomic E-state index is 15.1. The zero-order valence-electron chi connectivity index (χ0n) is 21.7. The van der Waals surface area contributed by atoms with Gasteiger partial charge in [0.2, 0.25) is 0 Å². The molecular weight excluding hydrogens is 504 g/mol. The van der Waals surface area contributed by atoms with E-state index in [2.05, 4.69) is 5.32 Å². The lowest BCUT2D eigenvalue weighted by atomic mass is 9.74. The van der Waals surface area contributed by atoms with E-state index < -0.39 is 35.7 Å². The average Bonchev–Trinajstić information content (AvgIpc) is 2.91. The van der Waals surface area contributed by atoms with Crippen LogP contribution in [0.3, 0.4) is 0 Å². The molecule has 5 N–H and O–H groups in total. The van der Waals surface area contributed by atoms with Crippen molar-refractivity contribution in [1.82, 2.24) is 10.2 Å². The lowest BCUT2D eigenvalue weighted by molar-refractivity contribution is -0.0590. The van der Waals surface area contributed by atoms with Gasteiger partial charge in [-0.2, -0.15) is 0 Å². The third-order valence-electron chi connectivity index (χ3n) is 8.12. The Labute approximate surface area is 223 Å². The molecule has 1 aliphatic carbocycles. The average molecular weight is 546 g/mol. The molecule has 0 spiro atoms. The van der Waals surface area contributed by atoms with Crippen molar-refractivity contribution in [2.75, 3.05) is 33.4 Å². The lowest BCUT2D eigenvalue weighted by Gasteiger charge is -2.43. The number of nitrogens with two attached hydrogens (primary N) is 1. The fourth-order valence-corrected chi connectivity index (χ4v) is 6.05. The number of nitrogens with one attached hydrogen (secondary N) is 1. The predicted molar refractivity (Wildman–Crippen MR) is 140 cm³/mol. The minimum Gasteiger partial charge on any atom is -0.391 e. The van der Waals surface area contributed by atoms with Gasteiger partial charge in [-0.3, -0.25) is 0 Å². The number of rotatable bonds is 11. The van der Waals surface area contributed by atoms with Gasteiger partial charge in [-0.05, 0) is 69.8 Å². The van der Waals surface area contributed by atoms with Crippen LogP contribution in [0.15, 0.2) is 18.2 Å². The molecule has 3 rings (SSSR count). The Bertz CT molecular complexity index is 874. The number of hydrogen-bond donors (Lipinski definition) is 4. The molecule has 4 atom stereocenters. The first-order valence-electron chi connectivity index (χ1n) is 13.4. The van der Waals surface area contributed by atoms with Crippen LogP contribution < -0.4 is 11.1 Å². The Hall–Kier alpha value is -1.52. The van der Waals surface area contributed by atoms with E-state index in [0.29, 0.717) is 70.9 Å². The van der Waals surface area contributed by atoms with Crippen LogP contribution in [0.2, 0.25) is 5.02 Å². The number of benzene rings is 1. The van der Waals surface area contributed by atoms with Gasteiger partial charge in [0.1, 0.15) is 12.0 Å². The second-order valence-electron chi connectivity index (χ2n) is 10.6. The zero-order chi connectivity index (χ0) is 27.0. The fourth-order valence-electron chi connectivity index (χ4n) is 5.87. The van der Waals surface area contributed by atoms with E-state index in [1.807, 2.05) is 0 Å². The van der Waals surface area contributed by atoms with E-state index in [9.17, 15) is 19.4 Å². The van der Waals surface area contributed by atoms with Crippen LogP contribution in [0.1, 0.15) is 63.4 Å². The summed E-state index contributed by atoms with van der Waals surface area (Å²) in [4.78, 5) is 14.8. The fraction of sp³-hybridized carbons (Fsp3) is 0.741. The Morgan fingerprint density at radius 2 is 2.03 bits per heavy atom. The second-order valence-corrected chi connectivity index (χ2v) is 11.0. The number of aliphatic hydroxyl groups is 2. The summed E-state index contributed by atoms with van der Waals surface area (Å²) in [7, 11) is 1.61. The number of piperidine rings is 1. The van der Waals surface area contributed by atoms with Crippen molar-refractivity contribution >= 4 is 17.6 Å². The molecule has 1 saturated heterocycles. The largest absolute Gasteiger partial charge is 0.391 e. The summed E-state index contributed by atoms with van der Waals surface area (Å²) < 4.78 is 33.8. The highest BCUT2D eigenvalue weighted by Crippen LogP contribution is 2.42. The number of likely N-dealkylation sites (tertiary alicyclic amines) is 1. The Balaban J connectivity index is 1.72. The molecule has 1 aromatic carbocycles. The van der Waals surface area contributed by atoms with E-state index in [4.69, 9.17) is 22.1 Å². The highest BCUT2D eigenvalue weighted by atomic mass is 35.5. The smallest absolute Gasteiger partial charge is 0.317 e. The maximum Gasteiger partial charge on any atom is 0.317 e. The number of hydrogen-bond acceptors (Lipinski definition) is 5. The second kappa shape index (κ2) is 14.0. The quantitative estimate of drug-likeness (QED) is 0.313. The van der Waals surface area contributed by atoms with Crippen molar-refractivity contribution in [3.8, 4) is 0 Å². The molecule has 2 amide bonds. The molecule has 1 aliphatic heterocycles. The van der Waals surface area contributed by atoms with E-state index in [1.54, 1.807) is 24.1 Å². The number of methoxy groups -OCH3 is 1. The number of amides is 2. The number of carbonyl (C=O) groups is 1. The third kappa shape index (κ3) is 7.53. The summed E-state index contributed by atoms with van der Waals surface area (Å²) in [6.07, 6.45) is 3.10. The Kier molecular flexibility index (Phi) is 11.4. The van der Waals surface area contributed by atoms with Gasteiger partial charge < -0.3 is 30.9 Å². The number of nitrogens with zero attached hydrogens (tertiary/aromatic N) is 1. The Morgan fingerprint density at radius 3 is 2.70 bits per heavy atom. The minimum absolute atomic E-state index is 0.0525. The van der Waals surface area contributed by atoms with Crippen molar-refractivity contribution in [3.63, 3.8) is 0 Å². The molecular formula is C27H42ClF2N3O4. The molecule has 2 aliphatic rings. The van der Waals surface area contributed by atoms with Crippen LogP contribution in [0.25, 0.3) is 0 Å². The van der Waals surface area contributed by atoms with E-state index in [0.717, 1.165) is 0 Å². The highest BCUT2D eigenvalue weighted by Gasteiger charge is 2.43. The molecule has 0 radical (unpaired) electrons. The Morgan fingerprint density at radius 1 is 1.30 bits per heavy atom. The van der Waals surface area contributed by atoms with Crippen LogP contribution in [0.4, 0.5) is 13.6 Å². The number of alkyl halides is 1. The van der Waals surface area contributed by atoms with Crippen LogP contribution >= 0.6 is 11.6 Å². The molecule has 0 aromatic heterocycles. The predicted octanol–water partition coefficient (Wildman–Crippen LogP) is 4.12. The molecule has 1 saturated carbocycles. The normalized spacial score (nSPS) is 25.8. The van der Waals surface area contributed by atoms with Gasteiger partial charge in [-0.15, -0.1) is 0 Å². The van der Waals surface area contributed by atoms with Gasteiger partial charge in [-0.25, -0.2) is 13.6 Å². The van der Waals surface area contributed by atoms with Crippen molar-refractivity contribution in [1.29, 1.82) is 0 Å². The lowest BCUT2D eigenvalue weighted by Crippen LogP contribution is -2.57. The van der Waals surface area contributed by atoms with Crippen molar-refractivity contribution < 1.29 is 28.5 Å². The third-order valence-corrected chi connectivity index (χ3v) is 8.41. The molecule has 0 unspecified atom stereocenters. The molecule has 210 valence electrons. The summed E-state index contributed by atoms with van der Waals surface area (Å²) in [5.74, 6) is -1.17. The molecule has 7 nitrogen and oxygen atoms in total. The monoisotopic (exact) mass is 545 g/mol. The first-order valence-corrected chi connectivity index (χ1v) is 13.8. The molecule has 1 aromatic rings. The number of halogens is 3. The highest BCUT2D eigenvalue weighted by molar-refractivity contribution is 6.30. The first-order chi connectivity index (χ1) is 17.7. The van der Waals surface area contributed by atoms with Crippen molar-refractivity contribution in [3.05, 3.63) is 34.6 Å². The van der Waals surface area contributed by atoms with Crippen molar-refractivity contribution in [2.45, 2.75) is 81.7 Å². The number of unbranched alkanes of at least 4 members (excludes halogenated alkanes) is 1. The van der Waals surface area contributed by atoms with Crippen LogP contribution in [0.5, 0.6) is 0 Å². The summed E-state index contributed by atoms with van der Waals surface area (Å²) in [5.41, 5.74) is 4.52. The summed E-state index contributed by atoms with van der Waals surface area (Å²) in [6.45, 7) is 1.28. The number of urea groups is 1. The van der Waals surface area contributed by atoms with Gasteiger partial charge in [0.05, 0.1) is 22.8 Å².